The van der Waals surface area contributed by atoms with Crippen LogP contribution in [-0.4, -0.2) is 67.4 Å². The van der Waals surface area contributed by atoms with Crippen molar-refractivity contribution in [3.63, 3.8) is 0 Å². The summed E-state index contributed by atoms with van der Waals surface area (Å²) in [6.07, 6.45) is -0.0485. The normalized spacial score (nSPS) is 21.9. The molecule has 150 valence electrons. The maximum Gasteiger partial charge on any atom is 0.410 e. The molecule has 1 amide bonds. The van der Waals surface area contributed by atoms with E-state index in [1.807, 2.05) is 25.7 Å². The molecule has 0 saturated carbocycles. The summed E-state index contributed by atoms with van der Waals surface area (Å²) >= 11 is 0. The lowest BCUT2D eigenvalue weighted by molar-refractivity contribution is 0.0139. The van der Waals surface area contributed by atoms with Gasteiger partial charge in [-0.05, 0) is 44.4 Å². The Morgan fingerprint density at radius 3 is 2.59 bits per heavy atom. The number of amides is 1. The summed E-state index contributed by atoms with van der Waals surface area (Å²) in [7, 11) is 0. The Morgan fingerprint density at radius 2 is 2.00 bits per heavy atom. The van der Waals surface area contributed by atoms with E-state index in [-0.39, 0.29) is 12.2 Å². The summed E-state index contributed by atoms with van der Waals surface area (Å²) < 4.78 is 11.3. The van der Waals surface area contributed by atoms with Crippen molar-refractivity contribution in [3.8, 4) is 0 Å². The van der Waals surface area contributed by atoms with Gasteiger partial charge in [0.05, 0.1) is 12.7 Å². The fourth-order valence-electron chi connectivity index (χ4n) is 3.53. The van der Waals surface area contributed by atoms with Crippen molar-refractivity contribution in [2.24, 2.45) is 0 Å². The summed E-state index contributed by atoms with van der Waals surface area (Å²) in [5.41, 5.74) is 3.45. The average molecular weight is 376 g/mol. The van der Waals surface area contributed by atoms with Crippen molar-refractivity contribution in [2.45, 2.75) is 45.9 Å². The predicted octanol–water partition coefficient (Wildman–Crippen LogP) is 2.71. The molecule has 6 nitrogen and oxygen atoms in total. The summed E-state index contributed by atoms with van der Waals surface area (Å²) in [6.45, 7) is 14.6. The van der Waals surface area contributed by atoms with Gasteiger partial charge in [-0.15, -0.1) is 0 Å². The van der Waals surface area contributed by atoms with Gasteiger partial charge in [0.1, 0.15) is 5.60 Å². The quantitative estimate of drug-likeness (QED) is 0.880. The minimum atomic E-state index is -0.440. The largest absolute Gasteiger partial charge is 0.444 e. The smallest absolute Gasteiger partial charge is 0.410 e. The molecule has 6 heteroatoms. The minimum absolute atomic E-state index is 0.156. The monoisotopic (exact) mass is 375 g/mol. The van der Waals surface area contributed by atoms with Gasteiger partial charge in [0.2, 0.25) is 0 Å². The fourth-order valence-corrected chi connectivity index (χ4v) is 3.53. The van der Waals surface area contributed by atoms with Crippen LogP contribution in [0, 0.1) is 6.92 Å². The lowest BCUT2D eigenvalue weighted by Gasteiger charge is -2.35. The molecule has 1 unspecified atom stereocenters. The first-order valence-corrected chi connectivity index (χ1v) is 9.94. The Bertz CT molecular complexity index is 643. The Hall–Kier alpha value is -1.63. The molecule has 0 aromatic heterocycles. The van der Waals surface area contributed by atoms with E-state index < -0.39 is 5.60 Å². The molecule has 2 aliphatic heterocycles. The molecule has 0 bridgehead atoms. The average Bonchev–Trinajstić information content (AvgIpc) is 2.63. The second-order valence-electron chi connectivity index (χ2n) is 8.49. The van der Waals surface area contributed by atoms with Gasteiger partial charge in [0.25, 0.3) is 0 Å². The number of benzene rings is 1. The maximum atomic E-state index is 12.2. The number of nitrogens with one attached hydrogen (secondary N) is 1. The van der Waals surface area contributed by atoms with Gasteiger partial charge in [-0.1, -0.05) is 18.2 Å². The Labute approximate surface area is 162 Å². The van der Waals surface area contributed by atoms with Gasteiger partial charge < -0.3 is 19.7 Å². The number of hydrogen-bond acceptors (Lipinski definition) is 5. The number of carbonyl (C=O) groups is 1. The standard InChI is InChI=1S/C21H33N3O3/c1-16-13-17(19-14-22-7-12-26-19)5-6-18(16)15-23-8-10-24(11-9-23)20(25)27-21(2,3)4/h5-6,13,19,22H,7-12,14-15H2,1-4H3. The Kier molecular flexibility index (Phi) is 6.40. The second kappa shape index (κ2) is 8.59. The SMILES string of the molecule is Cc1cc(C2CNCCO2)ccc1CN1CCN(C(=O)OC(C)(C)C)CC1. The molecule has 1 aromatic carbocycles. The molecule has 2 heterocycles. The molecule has 3 rings (SSSR count). The minimum Gasteiger partial charge on any atom is -0.444 e. The third kappa shape index (κ3) is 5.67. The number of aryl methyl sites for hydroxylation is 1. The highest BCUT2D eigenvalue weighted by molar-refractivity contribution is 5.68. The third-order valence-electron chi connectivity index (χ3n) is 5.08. The lowest BCUT2D eigenvalue weighted by atomic mass is 10.0. The molecular weight excluding hydrogens is 342 g/mol. The number of ether oxygens (including phenoxy) is 2. The summed E-state index contributed by atoms with van der Waals surface area (Å²) in [6, 6.07) is 6.67. The summed E-state index contributed by atoms with van der Waals surface area (Å²) in [5, 5.41) is 3.38. The molecule has 1 aromatic rings. The summed E-state index contributed by atoms with van der Waals surface area (Å²) in [5.74, 6) is 0. The van der Waals surface area contributed by atoms with Crippen LogP contribution in [0.25, 0.3) is 0 Å². The number of carbonyl (C=O) groups excluding carboxylic acids is 1. The van der Waals surface area contributed by atoms with E-state index in [0.717, 1.165) is 39.3 Å². The lowest BCUT2D eigenvalue weighted by Crippen LogP contribution is -2.49. The highest BCUT2D eigenvalue weighted by Crippen LogP contribution is 2.23. The number of hydrogen-bond donors (Lipinski definition) is 1. The zero-order valence-electron chi connectivity index (χ0n) is 17.1. The van der Waals surface area contributed by atoms with Crippen molar-refractivity contribution in [1.82, 2.24) is 15.1 Å². The van der Waals surface area contributed by atoms with Gasteiger partial charge in [-0.3, -0.25) is 4.90 Å². The van der Waals surface area contributed by atoms with Crippen LogP contribution in [0.5, 0.6) is 0 Å². The molecule has 1 atom stereocenters. The van der Waals surface area contributed by atoms with Crippen LogP contribution >= 0.6 is 0 Å². The van der Waals surface area contributed by atoms with Crippen LogP contribution in [-0.2, 0) is 16.0 Å². The highest BCUT2D eigenvalue weighted by Gasteiger charge is 2.26. The number of nitrogens with zero attached hydrogens (tertiary/aromatic N) is 2. The predicted molar refractivity (Wildman–Crippen MR) is 106 cm³/mol. The van der Waals surface area contributed by atoms with Gasteiger partial charge in [-0.25, -0.2) is 4.79 Å². The van der Waals surface area contributed by atoms with E-state index >= 15 is 0 Å². The van der Waals surface area contributed by atoms with Crippen LogP contribution in [0.1, 0.15) is 43.6 Å². The van der Waals surface area contributed by atoms with Gasteiger partial charge in [0, 0.05) is 45.8 Å². The van der Waals surface area contributed by atoms with Crippen LogP contribution in [0.4, 0.5) is 4.79 Å². The first-order chi connectivity index (χ1) is 12.8. The molecule has 2 saturated heterocycles. The van der Waals surface area contributed by atoms with Gasteiger partial charge in [0.15, 0.2) is 0 Å². The topological polar surface area (TPSA) is 54.0 Å². The Morgan fingerprint density at radius 1 is 1.26 bits per heavy atom. The van der Waals surface area contributed by atoms with Crippen molar-refractivity contribution in [2.75, 3.05) is 45.9 Å². The van der Waals surface area contributed by atoms with Crippen LogP contribution < -0.4 is 5.32 Å². The second-order valence-corrected chi connectivity index (χ2v) is 8.49. The van der Waals surface area contributed by atoms with E-state index in [0.29, 0.717) is 13.1 Å². The van der Waals surface area contributed by atoms with Crippen molar-refractivity contribution in [3.05, 3.63) is 34.9 Å². The van der Waals surface area contributed by atoms with E-state index in [1.54, 1.807) is 0 Å². The van der Waals surface area contributed by atoms with Crippen LogP contribution in [0.15, 0.2) is 18.2 Å². The molecular formula is C21H33N3O3. The molecule has 0 spiro atoms. The summed E-state index contributed by atoms with van der Waals surface area (Å²) in [4.78, 5) is 16.4. The molecule has 27 heavy (non-hydrogen) atoms. The number of rotatable bonds is 3. The zero-order chi connectivity index (χ0) is 19.4. The maximum absolute atomic E-state index is 12.2. The number of piperazine rings is 1. The van der Waals surface area contributed by atoms with Crippen molar-refractivity contribution in [1.29, 1.82) is 0 Å². The van der Waals surface area contributed by atoms with Crippen LogP contribution in [0.3, 0.4) is 0 Å². The van der Waals surface area contributed by atoms with Crippen LogP contribution in [0.2, 0.25) is 0 Å². The highest BCUT2D eigenvalue weighted by atomic mass is 16.6. The fraction of sp³-hybridized carbons (Fsp3) is 0.667. The molecule has 2 aliphatic rings. The first-order valence-electron chi connectivity index (χ1n) is 9.94. The first kappa shape index (κ1) is 20.1. The van der Waals surface area contributed by atoms with Gasteiger partial charge >= 0.3 is 6.09 Å². The molecule has 0 radical (unpaired) electrons. The van der Waals surface area contributed by atoms with E-state index in [4.69, 9.17) is 9.47 Å². The molecule has 1 N–H and O–H groups in total. The third-order valence-corrected chi connectivity index (χ3v) is 5.08. The number of morpholine rings is 1. The zero-order valence-corrected chi connectivity index (χ0v) is 17.1. The van der Waals surface area contributed by atoms with Crippen molar-refractivity contribution >= 4 is 6.09 Å². The molecule has 0 aliphatic carbocycles. The van der Waals surface area contributed by atoms with Gasteiger partial charge in [-0.2, -0.15) is 0 Å². The van der Waals surface area contributed by atoms with E-state index in [1.165, 1.54) is 16.7 Å². The van der Waals surface area contributed by atoms with E-state index in [9.17, 15) is 4.79 Å². The van der Waals surface area contributed by atoms with Crippen molar-refractivity contribution < 1.29 is 14.3 Å². The van der Waals surface area contributed by atoms with E-state index in [2.05, 4.69) is 35.3 Å². The molecule has 2 fully saturated rings. The Balaban J connectivity index is 1.52.